The molecular weight excluding hydrogens is 657 g/mol. The van der Waals surface area contributed by atoms with E-state index in [0.29, 0.717) is 0 Å². The Labute approximate surface area is 315 Å². The number of furan rings is 1. The summed E-state index contributed by atoms with van der Waals surface area (Å²) in [4.78, 5) is 5.40. The summed E-state index contributed by atoms with van der Waals surface area (Å²) >= 11 is 0. The van der Waals surface area contributed by atoms with Crippen LogP contribution in [0, 0.1) is 0 Å². The number of imidazole rings is 1. The molecule has 2 aromatic heterocycles. The van der Waals surface area contributed by atoms with Gasteiger partial charge in [-0.2, -0.15) is 0 Å². The molecule has 0 aliphatic carbocycles. The predicted molar refractivity (Wildman–Crippen MR) is 228 cm³/mol. The Morgan fingerprint density at radius 1 is 0.481 bits per heavy atom. The van der Waals surface area contributed by atoms with Gasteiger partial charge < -0.3 is 4.42 Å². The van der Waals surface area contributed by atoms with Crippen LogP contribution in [0.2, 0.25) is 0 Å². The van der Waals surface area contributed by atoms with Crippen molar-refractivity contribution in [1.82, 2.24) is 9.55 Å². The van der Waals surface area contributed by atoms with Gasteiger partial charge in [0.15, 0.2) is 0 Å². The van der Waals surface area contributed by atoms with Gasteiger partial charge in [0.1, 0.15) is 17.0 Å². The molecule has 260 valence electrons. The largest absolute Gasteiger partial charge is 0.455 e. The molecule has 2 heterocycles. The van der Waals surface area contributed by atoms with E-state index in [2.05, 4.69) is 190 Å². The summed E-state index contributed by atoms with van der Waals surface area (Å²) in [6, 6.07) is 56.9. The molecule has 0 amide bonds. The highest BCUT2D eigenvalue weighted by atomic mass is 16.3. The van der Waals surface area contributed by atoms with E-state index >= 15 is 0 Å². The van der Waals surface area contributed by atoms with Gasteiger partial charge in [0.25, 0.3) is 0 Å². The smallest absolute Gasteiger partial charge is 0.149 e. The monoisotopic (exact) mass is 696 g/mol. The standard InChI is InChI=1S/C51H40N2O/c1-31(2)41-28-38(34-16-9-6-10-17-34)29-42(32(3)4)49(41)53-47-21-12-11-20-46(47)52-51(53)40-19-13-18-39-45-27-37-25-23-35-22-24-36(33-14-7-5-8-15-33)26-43(35)44(37)30-48(45)54-50(39)40/h5-32H,1-4H3. The van der Waals surface area contributed by atoms with Gasteiger partial charge in [0, 0.05) is 10.8 Å². The van der Waals surface area contributed by atoms with Crippen LogP contribution in [0.4, 0.5) is 0 Å². The molecule has 54 heavy (non-hydrogen) atoms. The highest BCUT2D eigenvalue weighted by Crippen LogP contribution is 2.43. The molecule has 3 heteroatoms. The minimum atomic E-state index is 0.279. The van der Waals surface area contributed by atoms with Gasteiger partial charge in [-0.3, -0.25) is 4.57 Å². The molecule has 0 radical (unpaired) electrons. The van der Waals surface area contributed by atoms with Crippen molar-refractivity contribution in [2.75, 3.05) is 0 Å². The number of aromatic nitrogens is 2. The molecule has 3 nitrogen and oxygen atoms in total. The minimum absolute atomic E-state index is 0.279. The third kappa shape index (κ3) is 5.15. The van der Waals surface area contributed by atoms with E-state index in [-0.39, 0.29) is 11.8 Å². The zero-order valence-corrected chi connectivity index (χ0v) is 31.0. The third-order valence-electron chi connectivity index (χ3n) is 11.1. The molecule has 0 aliphatic rings. The zero-order chi connectivity index (χ0) is 36.5. The number of benzene rings is 8. The average molecular weight is 697 g/mol. The van der Waals surface area contributed by atoms with Gasteiger partial charge in [-0.15, -0.1) is 0 Å². The first-order valence-corrected chi connectivity index (χ1v) is 19.0. The first kappa shape index (κ1) is 32.2. The summed E-state index contributed by atoms with van der Waals surface area (Å²) < 4.78 is 9.38. The second kappa shape index (κ2) is 12.6. The number of nitrogens with zero attached hydrogens (tertiary/aromatic N) is 2. The summed E-state index contributed by atoms with van der Waals surface area (Å²) in [6.07, 6.45) is 0. The number of hydrogen-bond donors (Lipinski definition) is 0. The van der Waals surface area contributed by atoms with Crippen molar-refractivity contribution in [2.45, 2.75) is 39.5 Å². The summed E-state index contributed by atoms with van der Waals surface area (Å²) in [6.45, 7) is 9.20. The van der Waals surface area contributed by atoms with E-state index in [4.69, 9.17) is 9.40 Å². The maximum absolute atomic E-state index is 6.98. The SMILES string of the molecule is CC(C)c1cc(-c2ccccc2)cc(C(C)C)c1-n1c(-c2cccc3c2oc2cc4c(ccc5ccc(-c6ccccc6)cc54)cc23)nc2ccccc21. The molecule has 0 saturated heterocycles. The number of para-hydroxylation sites is 3. The normalized spacial score (nSPS) is 12.0. The topological polar surface area (TPSA) is 31.0 Å². The third-order valence-corrected chi connectivity index (χ3v) is 11.1. The van der Waals surface area contributed by atoms with Crippen LogP contribution < -0.4 is 0 Å². The van der Waals surface area contributed by atoms with E-state index in [1.807, 2.05) is 0 Å². The van der Waals surface area contributed by atoms with Crippen LogP contribution in [0.15, 0.2) is 162 Å². The average Bonchev–Trinajstić information content (AvgIpc) is 3.78. The number of fused-ring (bicyclic) bond motifs is 7. The van der Waals surface area contributed by atoms with Crippen LogP contribution in [-0.4, -0.2) is 9.55 Å². The molecule has 10 aromatic rings. The van der Waals surface area contributed by atoms with E-state index in [9.17, 15) is 0 Å². The summed E-state index contributed by atoms with van der Waals surface area (Å²) in [7, 11) is 0. The number of hydrogen-bond acceptors (Lipinski definition) is 2. The van der Waals surface area contributed by atoms with E-state index in [0.717, 1.165) is 44.4 Å². The van der Waals surface area contributed by atoms with Crippen LogP contribution in [0.1, 0.15) is 50.7 Å². The lowest BCUT2D eigenvalue weighted by Gasteiger charge is -2.24. The van der Waals surface area contributed by atoms with Crippen LogP contribution in [0.3, 0.4) is 0 Å². The Morgan fingerprint density at radius 3 is 1.83 bits per heavy atom. The van der Waals surface area contributed by atoms with Gasteiger partial charge >= 0.3 is 0 Å². The van der Waals surface area contributed by atoms with Gasteiger partial charge in [-0.1, -0.05) is 137 Å². The molecule has 8 aromatic carbocycles. The maximum Gasteiger partial charge on any atom is 0.149 e. The van der Waals surface area contributed by atoms with Crippen molar-refractivity contribution < 1.29 is 4.42 Å². The molecule has 0 spiro atoms. The zero-order valence-electron chi connectivity index (χ0n) is 31.0. The molecule has 0 unspecified atom stereocenters. The molecular formula is C51H40N2O. The van der Waals surface area contributed by atoms with E-state index in [1.165, 1.54) is 60.6 Å². The molecule has 0 N–H and O–H groups in total. The Balaban J connectivity index is 1.23. The quantitative estimate of drug-likeness (QED) is 0.162. The van der Waals surface area contributed by atoms with Crippen molar-refractivity contribution in [1.29, 1.82) is 0 Å². The summed E-state index contributed by atoms with van der Waals surface area (Å²) in [5, 5.41) is 7.02. The second-order valence-electron chi connectivity index (χ2n) is 15.2. The van der Waals surface area contributed by atoms with Crippen molar-refractivity contribution in [2.24, 2.45) is 0 Å². The van der Waals surface area contributed by atoms with Crippen LogP contribution >= 0.6 is 0 Å². The lowest BCUT2D eigenvalue weighted by molar-refractivity contribution is 0.670. The van der Waals surface area contributed by atoms with Crippen molar-refractivity contribution in [3.8, 4) is 39.3 Å². The highest BCUT2D eigenvalue weighted by molar-refractivity contribution is 6.18. The Bertz CT molecular complexity index is 3010. The first-order valence-electron chi connectivity index (χ1n) is 19.0. The minimum Gasteiger partial charge on any atom is -0.455 e. The molecule has 0 fully saturated rings. The summed E-state index contributed by atoms with van der Waals surface area (Å²) in [5.41, 5.74) is 13.5. The van der Waals surface area contributed by atoms with Crippen molar-refractivity contribution in [3.05, 3.63) is 169 Å². The van der Waals surface area contributed by atoms with Crippen LogP contribution in [0.5, 0.6) is 0 Å². The molecule has 0 saturated carbocycles. The lowest BCUT2D eigenvalue weighted by Crippen LogP contribution is -2.09. The van der Waals surface area contributed by atoms with E-state index < -0.39 is 0 Å². The number of rotatable bonds is 6. The van der Waals surface area contributed by atoms with Gasteiger partial charge in [-0.05, 0) is 115 Å². The van der Waals surface area contributed by atoms with Crippen molar-refractivity contribution >= 4 is 54.5 Å². The highest BCUT2D eigenvalue weighted by Gasteiger charge is 2.25. The van der Waals surface area contributed by atoms with Gasteiger partial charge in [0.2, 0.25) is 0 Å². The molecule has 0 aliphatic heterocycles. The van der Waals surface area contributed by atoms with Crippen molar-refractivity contribution in [3.63, 3.8) is 0 Å². The maximum atomic E-state index is 6.98. The van der Waals surface area contributed by atoms with Gasteiger partial charge in [0.05, 0.1) is 22.3 Å². The predicted octanol–water partition coefficient (Wildman–Crippen LogP) is 14.5. The Morgan fingerprint density at radius 2 is 1.11 bits per heavy atom. The van der Waals surface area contributed by atoms with Crippen LogP contribution in [-0.2, 0) is 0 Å². The Kier molecular flexibility index (Phi) is 7.52. The lowest BCUT2D eigenvalue weighted by atomic mass is 9.88. The molecule has 10 rings (SSSR count). The molecule has 0 bridgehead atoms. The van der Waals surface area contributed by atoms with Crippen LogP contribution in [0.25, 0.3) is 93.8 Å². The van der Waals surface area contributed by atoms with Gasteiger partial charge in [-0.25, -0.2) is 4.98 Å². The fraction of sp³-hybridized carbons (Fsp3) is 0.118. The fourth-order valence-corrected chi connectivity index (χ4v) is 8.38. The summed E-state index contributed by atoms with van der Waals surface area (Å²) in [5.74, 6) is 1.45. The van der Waals surface area contributed by atoms with E-state index in [1.54, 1.807) is 0 Å². The Hall–Kier alpha value is -6.45. The first-order chi connectivity index (χ1) is 26.4. The second-order valence-corrected chi connectivity index (χ2v) is 15.2. The molecule has 0 atom stereocenters. The fourth-order valence-electron chi connectivity index (χ4n) is 8.38.